The van der Waals surface area contributed by atoms with E-state index in [1.54, 1.807) is 13.8 Å². The molecule has 0 rings (SSSR count). The molecule has 0 aliphatic rings. The first-order valence-corrected chi connectivity index (χ1v) is 4.30. The van der Waals surface area contributed by atoms with Crippen molar-refractivity contribution in [2.45, 2.75) is 38.4 Å². The second-order valence-corrected chi connectivity index (χ2v) is 3.46. The lowest BCUT2D eigenvalue weighted by Gasteiger charge is -2.28. The number of hydrogen-bond acceptors (Lipinski definition) is 2. The van der Waals surface area contributed by atoms with Crippen molar-refractivity contribution in [2.24, 2.45) is 5.73 Å². The molecule has 0 aliphatic carbocycles. The van der Waals surface area contributed by atoms with Crippen molar-refractivity contribution in [2.75, 3.05) is 6.54 Å². The van der Waals surface area contributed by atoms with Crippen molar-refractivity contribution in [3.05, 3.63) is 0 Å². The van der Waals surface area contributed by atoms with Crippen LogP contribution in [0.4, 0.5) is 13.2 Å². The van der Waals surface area contributed by atoms with Gasteiger partial charge in [0.05, 0.1) is 0 Å². The van der Waals surface area contributed by atoms with Gasteiger partial charge in [-0.25, -0.2) is 0 Å². The lowest BCUT2D eigenvalue weighted by atomic mass is 9.99. The van der Waals surface area contributed by atoms with Gasteiger partial charge in [-0.3, -0.25) is 4.79 Å². The lowest BCUT2D eigenvalue weighted by molar-refractivity contribution is -0.154. The maximum absolute atomic E-state index is 11.8. The van der Waals surface area contributed by atoms with E-state index in [-0.39, 0.29) is 6.54 Å². The van der Waals surface area contributed by atoms with Crippen LogP contribution < -0.4 is 11.1 Å². The number of hydrogen-bond donors (Lipinski definition) is 2. The molecule has 14 heavy (non-hydrogen) atoms. The molecule has 0 saturated carbocycles. The fourth-order valence-electron chi connectivity index (χ4n) is 0.847. The van der Waals surface area contributed by atoms with Gasteiger partial charge >= 0.3 is 6.18 Å². The van der Waals surface area contributed by atoms with Gasteiger partial charge in [0.2, 0.25) is 5.91 Å². The summed E-state index contributed by atoms with van der Waals surface area (Å²) in [4.78, 5) is 10.9. The Morgan fingerprint density at radius 3 is 2.21 bits per heavy atom. The average molecular weight is 212 g/mol. The molecule has 0 aromatic rings. The van der Waals surface area contributed by atoms with Crippen LogP contribution in [0.15, 0.2) is 0 Å². The van der Waals surface area contributed by atoms with Crippen LogP contribution in [-0.4, -0.2) is 24.2 Å². The van der Waals surface area contributed by atoms with Gasteiger partial charge in [0.25, 0.3) is 0 Å². The number of alkyl halides is 3. The van der Waals surface area contributed by atoms with Crippen LogP contribution in [0.5, 0.6) is 0 Å². The molecule has 0 aromatic heterocycles. The Balaban J connectivity index is 4.18. The van der Waals surface area contributed by atoms with Crippen molar-refractivity contribution < 1.29 is 18.0 Å². The molecule has 0 spiro atoms. The van der Waals surface area contributed by atoms with Crippen molar-refractivity contribution in [1.82, 2.24) is 5.32 Å². The van der Waals surface area contributed by atoms with Gasteiger partial charge in [-0.1, -0.05) is 6.92 Å². The van der Waals surface area contributed by atoms with Crippen LogP contribution >= 0.6 is 0 Å². The topological polar surface area (TPSA) is 55.1 Å². The van der Waals surface area contributed by atoms with Gasteiger partial charge in [-0.2, -0.15) is 13.2 Å². The normalized spacial score (nSPS) is 16.1. The first kappa shape index (κ1) is 13.2. The van der Waals surface area contributed by atoms with Crippen molar-refractivity contribution in [1.29, 1.82) is 0 Å². The number of rotatable bonds is 4. The molecule has 3 nitrogen and oxygen atoms in total. The van der Waals surface area contributed by atoms with Crippen molar-refractivity contribution in [3.63, 3.8) is 0 Å². The predicted molar refractivity (Wildman–Crippen MR) is 46.6 cm³/mol. The summed E-state index contributed by atoms with van der Waals surface area (Å²) in [6.07, 6.45) is -5.43. The van der Waals surface area contributed by atoms with Gasteiger partial charge in [-0.05, 0) is 13.3 Å². The number of halogens is 3. The smallest absolute Gasteiger partial charge is 0.349 e. The minimum absolute atomic E-state index is 0.118. The van der Waals surface area contributed by atoms with Crippen molar-refractivity contribution >= 4 is 5.91 Å². The molecule has 84 valence electrons. The molecule has 1 amide bonds. The average Bonchev–Trinajstić information content (AvgIpc) is 2.00. The van der Waals surface area contributed by atoms with E-state index in [0.717, 1.165) is 0 Å². The highest BCUT2D eigenvalue weighted by Gasteiger charge is 2.33. The minimum atomic E-state index is -4.46. The molecule has 0 heterocycles. The standard InChI is InChI=1S/C8H15F3N2O/c1-3-7(2,5-12)13-6(14)4-8(9,10)11/h3-5,12H2,1-2H3,(H,13,14). The van der Waals surface area contributed by atoms with Gasteiger partial charge in [0, 0.05) is 12.1 Å². The SMILES string of the molecule is CCC(C)(CN)NC(=O)CC(F)(F)F. The number of nitrogens with one attached hydrogen (secondary N) is 1. The van der Waals surface area contributed by atoms with E-state index in [0.29, 0.717) is 6.42 Å². The van der Waals surface area contributed by atoms with Gasteiger partial charge in [0.1, 0.15) is 6.42 Å². The maximum atomic E-state index is 11.8. The molecular formula is C8H15F3N2O. The van der Waals surface area contributed by atoms with Gasteiger partial charge < -0.3 is 11.1 Å². The summed E-state index contributed by atoms with van der Waals surface area (Å²) >= 11 is 0. The number of amides is 1. The second kappa shape index (κ2) is 4.63. The molecule has 6 heteroatoms. The van der Waals surface area contributed by atoms with Crippen LogP contribution in [0.25, 0.3) is 0 Å². The molecule has 0 saturated heterocycles. The summed E-state index contributed by atoms with van der Waals surface area (Å²) in [6, 6.07) is 0. The Hall–Kier alpha value is -0.780. The first-order valence-electron chi connectivity index (χ1n) is 4.30. The van der Waals surface area contributed by atoms with E-state index >= 15 is 0 Å². The van der Waals surface area contributed by atoms with E-state index in [4.69, 9.17) is 5.73 Å². The first-order chi connectivity index (χ1) is 6.22. The van der Waals surface area contributed by atoms with Crippen LogP contribution in [0, 0.1) is 0 Å². The minimum Gasteiger partial charge on any atom is -0.349 e. The van der Waals surface area contributed by atoms with E-state index in [2.05, 4.69) is 5.32 Å². The molecule has 3 N–H and O–H groups in total. The largest absolute Gasteiger partial charge is 0.397 e. The fraction of sp³-hybridized carbons (Fsp3) is 0.875. The van der Waals surface area contributed by atoms with Gasteiger partial charge in [-0.15, -0.1) is 0 Å². The van der Waals surface area contributed by atoms with E-state index < -0.39 is 24.0 Å². The molecule has 0 aliphatic heterocycles. The summed E-state index contributed by atoms with van der Waals surface area (Å²) in [7, 11) is 0. The van der Waals surface area contributed by atoms with Crippen LogP contribution in [-0.2, 0) is 4.79 Å². The number of carbonyl (C=O) groups is 1. The van der Waals surface area contributed by atoms with E-state index in [1.165, 1.54) is 0 Å². The Morgan fingerprint density at radius 1 is 1.43 bits per heavy atom. The van der Waals surface area contributed by atoms with Crippen molar-refractivity contribution in [3.8, 4) is 0 Å². The number of nitrogens with two attached hydrogens (primary N) is 1. The molecule has 0 fully saturated rings. The third kappa shape index (κ3) is 5.06. The highest BCUT2D eigenvalue weighted by Crippen LogP contribution is 2.20. The summed E-state index contributed by atoms with van der Waals surface area (Å²) in [5.74, 6) is -1.03. The zero-order chi connectivity index (χ0) is 11.4. The molecular weight excluding hydrogens is 197 g/mol. The summed E-state index contributed by atoms with van der Waals surface area (Å²) in [5, 5.41) is 2.27. The van der Waals surface area contributed by atoms with E-state index in [9.17, 15) is 18.0 Å². The quantitative estimate of drug-likeness (QED) is 0.735. The van der Waals surface area contributed by atoms with Crippen LogP contribution in [0.3, 0.4) is 0 Å². The van der Waals surface area contributed by atoms with Crippen LogP contribution in [0.2, 0.25) is 0 Å². The Morgan fingerprint density at radius 2 is 1.93 bits per heavy atom. The second-order valence-electron chi connectivity index (χ2n) is 3.46. The summed E-state index contributed by atoms with van der Waals surface area (Å²) < 4.78 is 35.4. The predicted octanol–water partition coefficient (Wildman–Crippen LogP) is 1.18. The molecule has 0 bridgehead atoms. The molecule has 1 atom stereocenters. The third-order valence-corrected chi connectivity index (χ3v) is 2.03. The number of carbonyl (C=O) groups excluding carboxylic acids is 1. The molecule has 0 radical (unpaired) electrons. The fourth-order valence-corrected chi connectivity index (χ4v) is 0.847. The molecule has 0 aromatic carbocycles. The third-order valence-electron chi connectivity index (χ3n) is 2.03. The van der Waals surface area contributed by atoms with E-state index in [1.807, 2.05) is 0 Å². The summed E-state index contributed by atoms with van der Waals surface area (Å²) in [6.45, 7) is 3.48. The highest BCUT2D eigenvalue weighted by atomic mass is 19.4. The van der Waals surface area contributed by atoms with Crippen LogP contribution in [0.1, 0.15) is 26.7 Å². The molecule has 1 unspecified atom stereocenters. The Labute approximate surface area is 80.8 Å². The monoisotopic (exact) mass is 212 g/mol. The Bertz CT molecular complexity index is 199. The zero-order valence-electron chi connectivity index (χ0n) is 8.24. The lowest BCUT2D eigenvalue weighted by Crippen LogP contribution is -2.51. The van der Waals surface area contributed by atoms with Gasteiger partial charge in [0.15, 0.2) is 0 Å². The Kier molecular flexibility index (Phi) is 4.38. The zero-order valence-corrected chi connectivity index (χ0v) is 8.24. The summed E-state index contributed by atoms with van der Waals surface area (Å²) in [5.41, 5.74) is 4.59. The highest BCUT2D eigenvalue weighted by molar-refractivity contribution is 5.77. The maximum Gasteiger partial charge on any atom is 0.397 e.